The third-order valence-corrected chi connectivity index (χ3v) is 8.57. The van der Waals surface area contributed by atoms with E-state index in [1.54, 1.807) is 25.1 Å². The van der Waals surface area contributed by atoms with Crippen LogP contribution in [-0.4, -0.2) is 31.1 Å². The second-order valence-electron chi connectivity index (χ2n) is 7.65. The van der Waals surface area contributed by atoms with E-state index in [9.17, 15) is 18.0 Å². The largest absolute Gasteiger partial charge is 0.490 e. The zero-order valence-electron chi connectivity index (χ0n) is 19.1. The maximum Gasteiger partial charge on any atom is 0.339 e. The molecule has 0 aliphatic carbocycles. The van der Waals surface area contributed by atoms with Crippen molar-refractivity contribution < 1.29 is 26.9 Å². The van der Waals surface area contributed by atoms with Crippen LogP contribution in [0.4, 0.5) is 4.79 Å². The summed E-state index contributed by atoms with van der Waals surface area (Å²) >= 11 is 13.4. The predicted molar refractivity (Wildman–Crippen MR) is 150 cm³/mol. The minimum absolute atomic E-state index is 0.0442. The van der Waals surface area contributed by atoms with Crippen molar-refractivity contribution in [2.75, 3.05) is 6.61 Å². The molecule has 1 aliphatic heterocycles. The van der Waals surface area contributed by atoms with Gasteiger partial charge < -0.3 is 8.92 Å². The Bertz CT molecular complexity index is 1490. The number of benzene rings is 3. The van der Waals surface area contributed by atoms with Crippen molar-refractivity contribution in [3.05, 3.63) is 90.7 Å². The zero-order chi connectivity index (χ0) is 26.7. The maximum absolute atomic E-state index is 13.0. The lowest BCUT2D eigenvalue weighted by atomic mass is 10.1. The average Bonchev–Trinajstić information content (AvgIpc) is 3.10. The van der Waals surface area contributed by atoms with Crippen molar-refractivity contribution in [3.63, 3.8) is 0 Å². The molecule has 1 aliphatic rings. The first-order valence-electron chi connectivity index (χ1n) is 10.7. The van der Waals surface area contributed by atoms with Crippen molar-refractivity contribution in [1.82, 2.24) is 4.90 Å². The first kappa shape index (κ1) is 27.7. The van der Waals surface area contributed by atoms with Gasteiger partial charge in [0.2, 0.25) is 0 Å². The van der Waals surface area contributed by atoms with Crippen LogP contribution in [0.5, 0.6) is 11.5 Å². The Morgan fingerprint density at radius 1 is 1.03 bits per heavy atom. The molecule has 2 amide bonds. The molecule has 12 heteroatoms. The first-order chi connectivity index (χ1) is 17.6. The zero-order valence-corrected chi connectivity index (χ0v) is 24.7. The molecule has 3 aromatic carbocycles. The van der Waals surface area contributed by atoms with Crippen LogP contribution in [0.2, 0.25) is 5.02 Å². The molecule has 0 radical (unpaired) electrons. The number of carbonyl (C=O) groups excluding carboxylic acids is 2. The first-order valence-corrected chi connectivity index (χ1v) is 14.9. The van der Waals surface area contributed by atoms with Gasteiger partial charge in [0.25, 0.3) is 11.1 Å². The SMILES string of the molecule is CCOc1cc(/C=C2\SC(=O)N(Cc3ccc(Br)cc3)C2=O)cc(Br)c1OS(=O)(=O)c1ccc(Cl)cc1. The third kappa shape index (κ3) is 6.58. The van der Waals surface area contributed by atoms with Gasteiger partial charge in [-0.25, -0.2) is 0 Å². The van der Waals surface area contributed by atoms with Gasteiger partial charge in [-0.3, -0.25) is 14.5 Å². The number of ether oxygens (including phenoxy) is 1. The Morgan fingerprint density at radius 2 is 1.70 bits per heavy atom. The lowest BCUT2D eigenvalue weighted by Gasteiger charge is -2.15. The molecule has 1 fully saturated rings. The van der Waals surface area contributed by atoms with Crippen molar-refractivity contribution in [2.45, 2.75) is 18.4 Å². The van der Waals surface area contributed by atoms with Gasteiger partial charge in [-0.1, -0.05) is 39.7 Å². The van der Waals surface area contributed by atoms with Crippen molar-refractivity contribution in [3.8, 4) is 11.5 Å². The van der Waals surface area contributed by atoms with Crippen LogP contribution in [0.1, 0.15) is 18.1 Å². The Kier molecular flexibility index (Phi) is 8.70. The van der Waals surface area contributed by atoms with Gasteiger partial charge in [-0.05, 0) is 100 Å². The summed E-state index contributed by atoms with van der Waals surface area (Å²) in [6, 6.07) is 16.0. The summed E-state index contributed by atoms with van der Waals surface area (Å²) in [5, 5.41) is 0.0121. The highest BCUT2D eigenvalue weighted by atomic mass is 79.9. The Morgan fingerprint density at radius 3 is 2.35 bits per heavy atom. The van der Waals surface area contributed by atoms with Crippen LogP contribution in [-0.2, 0) is 21.5 Å². The lowest BCUT2D eigenvalue weighted by molar-refractivity contribution is -0.123. The average molecular weight is 688 g/mol. The van der Waals surface area contributed by atoms with E-state index in [-0.39, 0.29) is 44.2 Å². The number of nitrogens with zero attached hydrogens (tertiary/aromatic N) is 1. The van der Waals surface area contributed by atoms with Gasteiger partial charge in [-0.15, -0.1) is 0 Å². The molecular formula is C25H18Br2ClNO6S2. The molecule has 1 saturated heterocycles. The summed E-state index contributed by atoms with van der Waals surface area (Å²) < 4.78 is 37.9. The van der Waals surface area contributed by atoms with E-state index in [0.717, 1.165) is 21.8 Å². The summed E-state index contributed by atoms with van der Waals surface area (Å²) in [7, 11) is -4.18. The molecule has 0 N–H and O–H groups in total. The van der Waals surface area contributed by atoms with E-state index >= 15 is 0 Å². The highest BCUT2D eigenvalue weighted by molar-refractivity contribution is 9.10. The Balaban J connectivity index is 1.61. The van der Waals surface area contributed by atoms with Gasteiger partial charge in [0.1, 0.15) is 4.90 Å². The van der Waals surface area contributed by atoms with E-state index in [1.165, 1.54) is 29.2 Å². The number of imide groups is 1. The van der Waals surface area contributed by atoms with Crippen LogP contribution < -0.4 is 8.92 Å². The molecule has 192 valence electrons. The monoisotopic (exact) mass is 685 g/mol. The van der Waals surface area contributed by atoms with Gasteiger partial charge in [-0.2, -0.15) is 8.42 Å². The summed E-state index contributed by atoms with van der Waals surface area (Å²) in [5.74, 6) is -0.315. The number of halogens is 3. The van der Waals surface area contributed by atoms with E-state index in [4.69, 9.17) is 20.5 Å². The minimum atomic E-state index is -4.18. The fraction of sp³-hybridized carbons (Fsp3) is 0.120. The second kappa shape index (κ2) is 11.6. The Hall–Kier alpha value is -2.31. The molecule has 3 aromatic rings. The van der Waals surface area contributed by atoms with E-state index in [1.807, 2.05) is 24.3 Å². The van der Waals surface area contributed by atoms with Crippen LogP contribution in [0.25, 0.3) is 6.08 Å². The molecule has 0 spiro atoms. The van der Waals surface area contributed by atoms with Crippen molar-refractivity contribution in [1.29, 1.82) is 0 Å². The number of rotatable bonds is 8. The predicted octanol–water partition coefficient (Wildman–Crippen LogP) is 7.27. The van der Waals surface area contributed by atoms with Crippen LogP contribution >= 0.6 is 55.2 Å². The maximum atomic E-state index is 13.0. The number of carbonyl (C=O) groups is 2. The third-order valence-electron chi connectivity index (χ3n) is 5.05. The topological polar surface area (TPSA) is 90.0 Å². The highest BCUT2D eigenvalue weighted by Crippen LogP contribution is 2.41. The second-order valence-corrected chi connectivity index (χ2v) is 12.4. The highest BCUT2D eigenvalue weighted by Gasteiger charge is 2.35. The van der Waals surface area contributed by atoms with Crippen LogP contribution in [0, 0.1) is 0 Å². The van der Waals surface area contributed by atoms with E-state index in [2.05, 4.69) is 31.9 Å². The molecule has 0 saturated carbocycles. The molecule has 0 bridgehead atoms. The molecule has 0 unspecified atom stereocenters. The standard InChI is InChI=1S/C25H18Br2ClNO6S2/c1-2-34-21-12-16(11-20(27)23(21)35-37(32,33)19-9-7-18(28)8-10-19)13-22-24(30)29(25(31)36-22)14-15-3-5-17(26)6-4-15/h3-13H,2,14H2,1H3/b22-13-. The lowest BCUT2D eigenvalue weighted by Crippen LogP contribution is -2.27. The van der Waals surface area contributed by atoms with Crippen molar-refractivity contribution in [2.24, 2.45) is 0 Å². The van der Waals surface area contributed by atoms with Gasteiger partial charge in [0, 0.05) is 9.50 Å². The normalized spacial score (nSPS) is 14.9. The summed E-state index contributed by atoms with van der Waals surface area (Å²) in [6.07, 6.45) is 1.55. The number of hydrogen-bond acceptors (Lipinski definition) is 7. The molecule has 37 heavy (non-hydrogen) atoms. The van der Waals surface area contributed by atoms with Crippen molar-refractivity contribution >= 4 is 82.6 Å². The molecule has 7 nitrogen and oxygen atoms in total. The molecular weight excluding hydrogens is 670 g/mol. The summed E-state index contributed by atoms with van der Waals surface area (Å²) in [5.41, 5.74) is 1.33. The minimum Gasteiger partial charge on any atom is -0.490 e. The van der Waals surface area contributed by atoms with Gasteiger partial charge in [0.15, 0.2) is 11.5 Å². The Labute approximate surface area is 240 Å². The summed E-state index contributed by atoms with van der Waals surface area (Å²) in [4.78, 5) is 26.9. The number of thioether (sulfide) groups is 1. The summed E-state index contributed by atoms with van der Waals surface area (Å²) in [6.45, 7) is 2.13. The van der Waals surface area contributed by atoms with Crippen LogP contribution in [0.15, 0.2) is 79.4 Å². The van der Waals surface area contributed by atoms with E-state index < -0.39 is 16.0 Å². The molecule has 0 atom stereocenters. The molecule has 4 rings (SSSR count). The molecule has 1 heterocycles. The molecule has 0 aromatic heterocycles. The number of amides is 2. The van der Waals surface area contributed by atoms with Crippen LogP contribution in [0.3, 0.4) is 0 Å². The van der Waals surface area contributed by atoms with Gasteiger partial charge in [0.05, 0.1) is 22.5 Å². The quantitative estimate of drug-likeness (QED) is 0.182. The fourth-order valence-corrected chi connectivity index (χ4v) is 6.17. The smallest absolute Gasteiger partial charge is 0.339 e. The fourth-order valence-electron chi connectivity index (χ4n) is 3.33. The number of hydrogen-bond donors (Lipinski definition) is 0. The van der Waals surface area contributed by atoms with E-state index in [0.29, 0.717) is 10.6 Å². The van der Waals surface area contributed by atoms with Gasteiger partial charge >= 0.3 is 10.1 Å².